The number of benzene rings is 4. The van der Waals surface area contributed by atoms with Gasteiger partial charge in [-0.2, -0.15) is 0 Å². The Morgan fingerprint density at radius 3 is 1.35 bits per heavy atom. The molecule has 3 N–H and O–H groups in total. The van der Waals surface area contributed by atoms with E-state index >= 15 is 0 Å². The van der Waals surface area contributed by atoms with Gasteiger partial charge in [0.1, 0.15) is 0 Å². The van der Waals surface area contributed by atoms with Crippen LogP contribution in [0, 0.1) is 0 Å². The van der Waals surface area contributed by atoms with Crippen LogP contribution >= 0.6 is 11.6 Å². The number of hydrogen-bond acceptors (Lipinski definition) is 7. The number of rotatable bonds is 9. The van der Waals surface area contributed by atoms with Crippen molar-refractivity contribution in [1.29, 1.82) is 0 Å². The maximum atomic E-state index is 12.1. The predicted molar refractivity (Wildman–Crippen MR) is 199 cm³/mol. The topological polar surface area (TPSA) is 147 Å². The van der Waals surface area contributed by atoms with Gasteiger partial charge in [0.15, 0.2) is 0 Å². The molecule has 4 aromatic carbocycles. The lowest BCUT2D eigenvalue weighted by Gasteiger charge is -2.14. The zero-order valence-electron chi connectivity index (χ0n) is 27.2. The van der Waals surface area contributed by atoms with Gasteiger partial charge in [0.05, 0.1) is 11.4 Å². The molecule has 0 aromatic heterocycles. The molecule has 6 rings (SSSR count). The number of carbonyl (C=O) groups is 6. The van der Waals surface area contributed by atoms with Crippen LogP contribution in [0.1, 0.15) is 31.8 Å². The van der Waals surface area contributed by atoms with Gasteiger partial charge in [-0.25, -0.2) is 9.80 Å². The molecule has 2 heterocycles. The smallest absolute Gasteiger partial charge is 0.258 e. The molecule has 0 bridgehead atoms. The third kappa shape index (κ3) is 11.0. The van der Waals surface area contributed by atoms with Crippen LogP contribution in [0.2, 0.25) is 0 Å². The van der Waals surface area contributed by atoms with Crippen LogP contribution in [0.3, 0.4) is 0 Å². The van der Waals surface area contributed by atoms with Gasteiger partial charge in [-0.05, 0) is 71.3 Å². The van der Waals surface area contributed by atoms with Crippen LogP contribution in [0.4, 0.5) is 11.4 Å². The van der Waals surface area contributed by atoms with E-state index in [-0.39, 0.29) is 17.7 Å². The second-order valence-electron chi connectivity index (χ2n) is 10.6. The summed E-state index contributed by atoms with van der Waals surface area (Å²) in [5.74, 6) is -1.77. The molecule has 0 atom stereocenters. The summed E-state index contributed by atoms with van der Waals surface area (Å²) >= 11 is 5.27. The molecule has 11 heteroatoms. The lowest BCUT2D eigenvalue weighted by Crippen LogP contribution is -2.29. The van der Waals surface area contributed by atoms with Crippen molar-refractivity contribution in [1.82, 2.24) is 5.32 Å². The number of amides is 5. The van der Waals surface area contributed by atoms with Gasteiger partial charge >= 0.3 is 0 Å². The number of hydrogen-bond donors (Lipinski definition) is 2. The fourth-order valence-corrected chi connectivity index (χ4v) is 4.72. The molecule has 0 saturated heterocycles. The highest BCUT2D eigenvalue weighted by molar-refractivity contribution is 6.67. The van der Waals surface area contributed by atoms with E-state index in [1.165, 1.54) is 54.1 Å². The number of nitrogens with one attached hydrogen (secondary N) is 1. The lowest BCUT2D eigenvalue weighted by atomic mass is 10.2. The quantitative estimate of drug-likeness (QED) is 0.168. The number of nitrogens with two attached hydrogens (primary N) is 1. The van der Waals surface area contributed by atoms with Gasteiger partial charge in [-0.15, -0.1) is 0 Å². The van der Waals surface area contributed by atoms with Crippen LogP contribution in [0.15, 0.2) is 146 Å². The van der Waals surface area contributed by atoms with Crippen molar-refractivity contribution in [2.75, 3.05) is 22.9 Å². The van der Waals surface area contributed by atoms with E-state index in [1.807, 2.05) is 85.0 Å². The van der Waals surface area contributed by atoms with E-state index in [1.54, 1.807) is 24.3 Å². The Hall–Kier alpha value is -6.49. The molecule has 2 aliphatic rings. The summed E-state index contributed by atoms with van der Waals surface area (Å²) in [6.45, 7) is 1.01. The molecule has 5 amide bonds. The van der Waals surface area contributed by atoms with Crippen molar-refractivity contribution < 1.29 is 28.8 Å². The van der Waals surface area contributed by atoms with Gasteiger partial charge in [0.2, 0.25) is 0 Å². The van der Waals surface area contributed by atoms with E-state index in [9.17, 15) is 28.8 Å². The molecule has 51 heavy (non-hydrogen) atoms. The summed E-state index contributed by atoms with van der Waals surface area (Å²) in [5, 5.41) is 2.21. The molecule has 4 aromatic rings. The van der Waals surface area contributed by atoms with Crippen molar-refractivity contribution in [2.24, 2.45) is 5.73 Å². The van der Waals surface area contributed by atoms with Gasteiger partial charge < -0.3 is 11.1 Å². The summed E-state index contributed by atoms with van der Waals surface area (Å²) in [6, 6.07) is 32.2. The Bertz CT molecular complexity index is 1950. The van der Waals surface area contributed by atoms with E-state index in [2.05, 4.69) is 5.32 Å². The summed E-state index contributed by atoms with van der Waals surface area (Å²) < 4.78 is 0. The highest BCUT2D eigenvalue weighted by atomic mass is 35.5. The molecule has 2 aliphatic heterocycles. The minimum atomic E-state index is -0.580. The first-order valence-corrected chi connectivity index (χ1v) is 16.0. The van der Waals surface area contributed by atoms with Crippen molar-refractivity contribution >= 4 is 69.9 Å². The molecule has 0 fully saturated rings. The van der Waals surface area contributed by atoms with E-state index in [0.717, 1.165) is 15.4 Å². The van der Waals surface area contributed by atoms with Crippen LogP contribution < -0.4 is 20.9 Å². The first kappa shape index (κ1) is 37.3. The summed E-state index contributed by atoms with van der Waals surface area (Å²) in [5.41, 5.74) is 9.20. The average molecular weight is 701 g/mol. The molecular weight excluding hydrogens is 668 g/mol. The molecule has 10 nitrogen and oxygen atoms in total. The maximum Gasteiger partial charge on any atom is 0.258 e. The molecule has 0 saturated carbocycles. The zero-order chi connectivity index (χ0) is 36.6. The van der Waals surface area contributed by atoms with Gasteiger partial charge in [0, 0.05) is 48.5 Å². The van der Waals surface area contributed by atoms with Crippen molar-refractivity contribution in [3.8, 4) is 0 Å². The second-order valence-corrected chi connectivity index (χ2v) is 11.0. The minimum Gasteiger partial charge on any atom is -0.349 e. The number of carbonyl (C=O) groups excluding carboxylic acids is 6. The first-order chi connectivity index (χ1) is 24.7. The van der Waals surface area contributed by atoms with E-state index < -0.39 is 17.1 Å². The number of halogens is 1. The third-order valence-electron chi connectivity index (χ3n) is 7.09. The van der Waals surface area contributed by atoms with E-state index in [4.69, 9.17) is 17.3 Å². The highest BCUT2D eigenvalue weighted by Crippen LogP contribution is 2.21. The Kier molecular flexibility index (Phi) is 13.8. The summed E-state index contributed by atoms with van der Waals surface area (Å²) in [6.07, 6.45) is 12.6. The third-order valence-corrected chi connectivity index (χ3v) is 7.31. The molecule has 0 aliphatic carbocycles. The number of anilines is 2. The van der Waals surface area contributed by atoms with Crippen LogP contribution in [0.25, 0.3) is 12.2 Å². The summed E-state index contributed by atoms with van der Waals surface area (Å²) in [4.78, 5) is 70.9. The first-order valence-electron chi connectivity index (χ1n) is 15.6. The largest absolute Gasteiger partial charge is 0.349 e. The van der Waals surface area contributed by atoms with Gasteiger partial charge in [-0.3, -0.25) is 28.8 Å². The molecule has 256 valence electrons. The van der Waals surface area contributed by atoms with E-state index in [0.29, 0.717) is 35.6 Å². The van der Waals surface area contributed by atoms with Gasteiger partial charge in [0.25, 0.3) is 34.8 Å². The van der Waals surface area contributed by atoms with Crippen LogP contribution in [0.5, 0.6) is 0 Å². The Balaban J connectivity index is 0.000000191. The fourth-order valence-electron chi connectivity index (χ4n) is 4.59. The van der Waals surface area contributed by atoms with Crippen LogP contribution in [-0.2, 0) is 19.2 Å². The van der Waals surface area contributed by atoms with Crippen molar-refractivity contribution in [3.63, 3.8) is 0 Å². The number of nitrogens with zero attached hydrogens (tertiary/aromatic N) is 2. The zero-order valence-corrected chi connectivity index (χ0v) is 28.0. The van der Waals surface area contributed by atoms with Crippen molar-refractivity contribution in [3.05, 3.63) is 168 Å². The maximum absolute atomic E-state index is 12.1. The Morgan fingerprint density at radius 2 is 0.961 bits per heavy atom. The number of imide groups is 2. The highest BCUT2D eigenvalue weighted by Gasteiger charge is 2.26. The lowest BCUT2D eigenvalue weighted by molar-refractivity contribution is -0.121. The molecule has 0 spiro atoms. The fraction of sp³-hybridized carbons (Fsp3) is 0.0500. The monoisotopic (exact) mass is 700 g/mol. The Labute approximate surface area is 299 Å². The molecule has 0 radical (unpaired) electrons. The van der Waals surface area contributed by atoms with Crippen LogP contribution in [-0.4, -0.2) is 47.9 Å². The normalized spacial score (nSPS) is 13.4. The molecular formula is C40H33ClN4O6. The SMILES string of the molecule is NC/C=C/c1ccccc1.O=C(Cl)c1ccc(N2C(=O)C=CC2=O)cc1.O=C(NC/C=C/c1ccccc1)c1ccc(N2C(=O)C=CC2=O)cc1. The minimum absolute atomic E-state index is 0.221. The average Bonchev–Trinajstić information content (AvgIpc) is 3.68. The predicted octanol–water partition coefficient (Wildman–Crippen LogP) is 5.71. The van der Waals surface area contributed by atoms with Gasteiger partial charge in [-0.1, -0.05) is 85.0 Å². The van der Waals surface area contributed by atoms with Crippen molar-refractivity contribution in [2.45, 2.75) is 0 Å². The standard InChI is InChI=1S/C20H16N2O3.C11H6ClNO3.C9H11N/c23-18-12-13-19(24)22(18)17-10-8-16(9-11-17)20(25)21-14-4-7-15-5-2-1-3-6-15;12-11(16)7-1-3-8(4-2-7)13-9(14)5-6-10(13)15;10-8-4-7-9-5-2-1-3-6-9/h1-13H,14H2,(H,21,25);1-6H;1-7H,8,10H2/b7-4+;;7-4+. The second kappa shape index (κ2) is 18.9. The molecule has 0 unspecified atom stereocenters. The Morgan fingerprint density at radius 1 is 0.569 bits per heavy atom. The summed E-state index contributed by atoms with van der Waals surface area (Å²) in [7, 11) is 0.